The molecule has 2 aromatic rings. The summed E-state index contributed by atoms with van der Waals surface area (Å²) >= 11 is 3.38. The van der Waals surface area contributed by atoms with Gasteiger partial charge in [-0.1, -0.05) is 34.1 Å². The van der Waals surface area contributed by atoms with Gasteiger partial charge in [-0.05, 0) is 30.7 Å². The summed E-state index contributed by atoms with van der Waals surface area (Å²) in [6, 6.07) is 11.7. The number of rotatable bonds is 4. The van der Waals surface area contributed by atoms with Crippen LogP contribution in [0, 0.1) is 11.6 Å². The predicted molar refractivity (Wildman–Crippen MR) is 75.8 cm³/mol. The molecule has 0 radical (unpaired) electrons. The molecular weight excluding hydrogens is 312 g/mol. The molecule has 4 heteroatoms. The van der Waals surface area contributed by atoms with Gasteiger partial charge in [-0.15, -0.1) is 0 Å². The molecule has 0 aliphatic carbocycles. The molecule has 0 aromatic heterocycles. The average Bonchev–Trinajstić information content (AvgIpc) is 2.38. The normalized spacial score (nSPS) is 12.4. The number of halogens is 3. The van der Waals surface area contributed by atoms with Crippen molar-refractivity contribution in [1.82, 2.24) is 5.32 Å². The van der Waals surface area contributed by atoms with Crippen molar-refractivity contribution in [3.8, 4) is 0 Å². The van der Waals surface area contributed by atoms with Crippen LogP contribution in [-0.2, 0) is 6.54 Å². The SMILES string of the molecule is C[C@H](NCc1ccc(F)cc1F)c1ccc(Br)cc1. The summed E-state index contributed by atoms with van der Waals surface area (Å²) in [7, 11) is 0. The first-order chi connectivity index (χ1) is 9.06. The molecule has 0 unspecified atom stereocenters. The monoisotopic (exact) mass is 325 g/mol. The third-order valence-corrected chi connectivity index (χ3v) is 3.51. The largest absolute Gasteiger partial charge is 0.306 e. The van der Waals surface area contributed by atoms with E-state index in [0.717, 1.165) is 16.1 Å². The van der Waals surface area contributed by atoms with Gasteiger partial charge in [-0.2, -0.15) is 0 Å². The van der Waals surface area contributed by atoms with Crippen LogP contribution in [0.15, 0.2) is 46.9 Å². The van der Waals surface area contributed by atoms with E-state index in [4.69, 9.17) is 0 Å². The van der Waals surface area contributed by atoms with Gasteiger partial charge in [0.1, 0.15) is 11.6 Å². The molecule has 1 N–H and O–H groups in total. The third-order valence-electron chi connectivity index (χ3n) is 2.98. The first kappa shape index (κ1) is 14.2. The predicted octanol–water partition coefficient (Wildman–Crippen LogP) is 4.58. The number of benzene rings is 2. The lowest BCUT2D eigenvalue weighted by Crippen LogP contribution is -2.18. The second kappa shape index (κ2) is 6.26. The average molecular weight is 326 g/mol. The summed E-state index contributed by atoms with van der Waals surface area (Å²) in [5, 5.41) is 3.22. The van der Waals surface area contributed by atoms with Gasteiger partial charge in [0, 0.05) is 28.7 Å². The molecule has 0 spiro atoms. The maximum Gasteiger partial charge on any atom is 0.130 e. The Morgan fingerprint density at radius 1 is 1.11 bits per heavy atom. The molecule has 1 nitrogen and oxygen atoms in total. The molecule has 0 aliphatic rings. The van der Waals surface area contributed by atoms with Gasteiger partial charge in [0.25, 0.3) is 0 Å². The molecular formula is C15H14BrF2N. The van der Waals surface area contributed by atoms with E-state index in [1.165, 1.54) is 12.1 Å². The number of hydrogen-bond donors (Lipinski definition) is 1. The Kier molecular flexibility index (Phi) is 4.66. The molecule has 0 amide bonds. The quantitative estimate of drug-likeness (QED) is 0.867. The van der Waals surface area contributed by atoms with Crippen LogP contribution < -0.4 is 5.32 Å². The van der Waals surface area contributed by atoms with Crippen LogP contribution in [0.5, 0.6) is 0 Å². The van der Waals surface area contributed by atoms with Crippen LogP contribution in [0.2, 0.25) is 0 Å². The molecule has 0 bridgehead atoms. The summed E-state index contributed by atoms with van der Waals surface area (Å²) in [4.78, 5) is 0. The van der Waals surface area contributed by atoms with Gasteiger partial charge in [0.15, 0.2) is 0 Å². The molecule has 0 heterocycles. The molecule has 0 fully saturated rings. The highest BCUT2D eigenvalue weighted by Gasteiger charge is 2.07. The standard InChI is InChI=1S/C15H14BrF2N/c1-10(11-2-5-13(16)6-3-11)19-9-12-4-7-14(17)8-15(12)18/h2-8,10,19H,9H2,1H3/t10-/m0/s1. The van der Waals surface area contributed by atoms with E-state index >= 15 is 0 Å². The molecule has 19 heavy (non-hydrogen) atoms. The van der Waals surface area contributed by atoms with Crippen LogP contribution in [0.3, 0.4) is 0 Å². The van der Waals surface area contributed by atoms with E-state index in [1.807, 2.05) is 31.2 Å². The van der Waals surface area contributed by atoms with Gasteiger partial charge in [-0.3, -0.25) is 0 Å². The third kappa shape index (κ3) is 3.85. The lowest BCUT2D eigenvalue weighted by molar-refractivity contribution is 0.533. The van der Waals surface area contributed by atoms with Crippen molar-refractivity contribution in [2.45, 2.75) is 19.5 Å². The Morgan fingerprint density at radius 2 is 1.79 bits per heavy atom. The summed E-state index contributed by atoms with van der Waals surface area (Å²) in [6.45, 7) is 2.37. The molecule has 2 rings (SSSR count). The zero-order chi connectivity index (χ0) is 13.8. The maximum atomic E-state index is 13.5. The van der Waals surface area contributed by atoms with Gasteiger partial charge in [-0.25, -0.2) is 8.78 Å². The van der Waals surface area contributed by atoms with E-state index in [1.54, 1.807) is 0 Å². The summed E-state index contributed by atoms with van der Waals surface area (Å²) < 4.78 is 27.3. The summed E-state index contributed by atoms with van der Waals surface area (Å²) in [5.41, 5.74) is 1.58. The van der Waals surface area contributed by atoms with Crippen molar-refractivity contribution in [3.63, 3.8) is 0 Å². The van der Waals surface area contributed by atoms with Crippen molar-refractivity contribution in [2.24, 2.45) is 0 Å². The lowest BCUT2D eigenvalue weighted by Gasteiger charge is -2.14. The van der Waals surface area contributed by atoms with Crippen LogP contribution in [-0.4, -0.2) is 0 Å². The van der Waals surface area contributed by atoms with E-state index < -0.39 is 11.6 Å². The maximum absolute atomic E-state index is 13.5. The van der Waals surface area contributed by atoms with Crippen molar-refractivity contribution in [2.75, 3.05) is 0 Å². The van der Waals surface area contributed by atoms with E-state index in [2.05, 4.69) is 21.2 Å². The fraction of sp³-hybridized carbons (Fsp3) is 0.200. The minimum atomic E-state index is -0.554. The van der Waals surface area contributed by atoms with Crippen LogP contribution >= 0.6 is 15.9 Å². The zero-order valence-corrected chi connectivity index (χ0v) is 12.0. The Morgan fingerprint density at radius 3 is 2.42 bits per heavy atom. The highest BCUT2D eigenvalue weighted by molar-refractivity contribution is 9.10. The van der Waals surface area contributed by atoms with E-state index in [-0.39, 0.29) is 6.04 Å². The van der Waals surface area contributed by atoms with Crippen molar-refractivity contribution in [3.05, 3.63) is 69.7 Å². The van der Waals surface area contributed by atoms with Gasteiger partial charge < -0.3 is 5.32 Å². The minimum absolute atomic E-state index is 0.0950. The van der Waals surface area contributed by atoms with Crippen LogP contribution in [0.4, 0.5) is 8.78 Å². The van der Waals surface area contributed by atoms with Gasteiger partial charge >= 0.3 is 0 Å². The van der Waals surface area contributed by atoms with Crippen molar-refractivity contribution < 1.29 is 8.78 Å². The molecule has 100 valence electrons. The zero-order valence-electron chi connectivity index (χ0n) is 10.5. The highest BCUT2D eigenvalue weighted by Crippen LogP contribution is 2.17. The fourth-order valence-electron chi connectivity index (χ4n) is 1.80. The van der Waals surface area contributed by atoms with E-state index in [0.29, 0.717) is 12.1 Å². The summed E-state index contributed by atoms with van der Waals surface area (Å²) in [6.07, 6.45) is 0. The van der Waals surface area contributed by atoms with Crippen LogP contribution in [0.25, 0.3) is 0 Å². The molecule has 0 saturated heterocycles. The second-order valence-corrected chi connectivity index (χ2v) is 5.31. The lowest BCUT2D eigenvalue weighted by atomic mass is 10.1. The topological polar surface area (TPSA) is 12.0 Å². The molecule has 0 saturated carbocycles. The number of nitrogens with one attached hydrogen (secondary N) is 1. The van der Waals surface area contributed by atoms with Gasteiger partial charge in [0.05, 0.1) is 0 Å². The minimum Gasteiger partial charge on any atom is -0.306 e. The molecule has 2 aromatic carbocycles. The fourth-order valence-corrected chi connectivity index (χ4v) is 2.06. The molecule has 0 aliphatic heterocycles. The number of hydrogen-bond acceptors (Lipinski definition) is 1. The smallest absolute Gasteiger partial charge is 0.130 e. The Balaban J connectivity index is 2.00. The first-order valence-corrected chi connectivity index (χ1v) is 6.78. The Bertz CT molecular complexity index is 555. The first-order valence-electron chi connectivity index (χ1n) is 5.99. The highest BCUT2D eigenvalue weighted by atomic mass is 79.9. The second-order valence-electron chi connectivity index (χ2n) is 4.39. The Labute approximate surface area is 119 Å². The Hall–Kier alpha value is -1.26. The van der Waals surface area contributed by atoms with E-state index in [9.17, 15) is 8.78 Å². The molecule has 1 atom stereocenters. The van der Waals surface area contributed by atoms with Crippen LogP contribution in [0.1, 0.15) is 24.1 Å². The summed E-state index contributed by atoms with van der Waals surface area (Å²) in [5.74, 6) is -1.07. The van der Waals surface area contributed by atoms with Gasteiger partial charge in [0.2, 0.25) is 0 Å². The van der Waals surface area contributed by atoms with Crippen molar-refractivity contribution >= 4 is 15.9 Å². The van der Waals surface area contributed by atoms with Crippen molar-refractivity contribution in [1.29, 1.82) is 0 Å².